The fraction of sp³-hybridized carbons (Fsp3) is 0.462. The molecule has 0 aromatic heterocycles. The van der Waals surface area contributed by atoms with Gasteiger partial charge in [-0.05, 0) is 36.6 Å². The lowest BCUT2D eigenvalue weighted by Gasteiger charge is -2.35. The predicted octanol–water partition coefficient (Wildman–Crippen LogP) is 1.83. The Bertz CT molecular complexity index is 476. The van der Waals surface area contributed by atoms with Crippen molar-refractivity contribution in [2.24, 2.45) is 11.7 Å². The van der Waals surface area contributed by atoms with Gasteiger partial charge in [0.25, 0.3) is 0 Å². The number of carbonyl (C=O) groups excluding carboxylic acids is 1. The second kappa shape index (κ2) is 5.16. The molecule has 0 radical (unpaired) electrons. The van der Waals surface area contributed by atoms with Crippen LogP contribution in [0.2, 0.25) is 5.02 Å². The monoisotopic (exact) mass is 268 g/mol. The molecule has 1 aliphatic rings. The van der Waals surface area contributed by atoms with Crippen molar-refractivity contribution in [2.45, 2.75) is 13.3 Å². The Balaban J connectivity index is 2.57. The molecule has 0 fully saturated rings. The van der Waals surface area contributed by atoms with Gasteiger partial charge in [-0.3, -0.25) is 4.79 Å². The van der Waals surface area contributed by atoms with Crippen molar-refractivity contribution in [3.05, 3.63) is 22.7 Å². The molecule has 4 nitrogen and oxygen atoms in total. The van der Waals surface area contributed by atoms with Crippen LogP contribution in [-0.2, 0) is 11.2 Å². The van der Waals surface area contributed by atoms with E-state index in [9.17, 15) is 4.79 Å². The topological polar surface area (TPSA) is 55.6 Å². The number of nitrogens with zero attached hydrogens (tertiary/aromatic N) is 1. The van der Waals surface area contributed by atoms with Crippen LogP contribution >= 0.6 is 11.6 Å². The Morgan fingerprint density at radius 2 is 2.33 bits per heavy atom. The molecule has 1 amide bonds. The van der Waals surface area contributed by atoms with E-state index in [2.05, 4.69) is 0 Å². The second-order valence-corrected chi connectivity index (χ2v) is 4.92. The van der Waals surface area contributed by atoms with Gasteiger partial charge in [0.2, 0.25) is 5.91 Å². The Kier molecular flexibility index (Phi) is 3.78. The van der Waals surface area contributed by atoms with E-state index < -0.39 is 0 Å². The summed E-state index contributed by atoms with van der Waals surface area (Å²) in [7, 11) is 1.59. The summed E-state index contributed by atoms with van der Waals surface area (Å²) in [4.78, 5) is 13.5. The number of benzene rings is 1. The number of ether oxygens (including phenoxy) is 1. The number of carbonyl (C=O) groups is 1. The van der Waals surface area contributed by atoms with E-state index in [0.717, 1.165) is 17.7 Å². The van der Waals surface area contributed by atoms with E-state index in [-0.39, 0.29) is 11.8 Å². The number of rotatable bonds is 2. The number of halogens is 1. The number of fused-ring (bicyclic) bond motifs is 1. The first-order valence-electron chi connectivity index (χ1n) is 5.92. The Morgan fingerprint density at radius 3 is 2.89 bits per heavy atom. The number of nitrogens with two attached hydrogens (primary N) is 1. The first kappa shape index (κ1) is 13.2. The van der Waals surface area contributed by atoms with Crippen LogP contribution < -0.4 is 15.4 Å². The summed E-state index contributed by atoms with van der Waals surface area (Å²) >= 11 is 6.23. The highest BCUT2D eigenvalue weighted by atomic mass is 35.5. The third-order valence-corrected chi connectivity index (χ3v) is 3.68. The van der Waals surface area contributed by atoms with Crippen LogP contribution in [0, 0.1) is 5.92 Å². The standard InChI is InChI=1S/C13H17ClN2O2/c1-8(17)16-7-9(6-15)5-10-11(14)3-4-12(18-2)13(10)16/h3-4,9H,5-7,15H2,1-2H3. The molecular weight excluding hydrogens is 252 g/mol. The minimum absolute atomic E-state index is 0.0185. The predicted molar refractivity (Wildman–Crippen MR) is 72.3 cm³/mol. The summed E-state index contributed by atoms with van der Waals surface area (Å²) < 4.78 is 5.33. The van der Waals surface area contributed by atoms with Gasteiger partial charge in [0.05, 0.1) is 12.8 Å². The van der Waals surface area contributed by atoms with E-state index >= 15 is 0 Å². The van der Waals surface area contributed by atoms with Crippen molar-refractivity contribution in [2.75, 3.05) is 25.1 Å². The van der Waals surface area contributed by atoms with Gasteiger partial charge >= 0.3 is 0 Å². The van der Waals surface area contributed by atoms with Crippen molar-refractivity contribution >= 4 is 23.2 Å². The molecule has 5 heteroatoms. The zero-order chi connectivity index (χ0) is 13.3. The summed E-state index contributed by atoms with van der Waals surface area (Å²) in [5.74, 6) is 0.904. The van der Waals surface area contributed by atoms with Gasteiger partial charge in [-0.25, -0.2) is 0 Å². The van der Waals surface area contributed by atoms with E-state index in [1.807, 2.05) is 0 Å². The first-order valence-corrected chi connectivity index (χ1v) is 6.29. The highest BCUT2D eigenvalue weighted by Crippen LogP contribution is 2.41. The summed E-state index contributed by atoms with van der Waals surface area (Å²) in [6.07, 6.45) is 0.783. The summed E-state index contributed by atoms with van der Waals surface area (Å²) in [6.45, 7) is 2.70. The van der Waals surface area contributed by atoms with E-state index in [1.54, 1.807) is 31.1 Å². The fourth-order valence-electron chi connectivity index (χ4n) is 2.39. The SMILES string of the molecule is COc1ccc(Cl)c2c1N(C(C)=O)CC(CN)C2. The number of hydrogen-bond acceptors (Lipinski definition) is 3. The lowest BCUT2D eigenvalue weighted by atomic mass is 9.92. The zero-order valence-electron chi connectivity index (χ0n) is 10.6. The maximum Gasteiger partial charge on any atom is 0.223 e. The van der Waals surface area contributed by atoms with Crippen LogP contribution in [0.5, 0.6) is 5.75 Å². The van der Waals surface area contributed by atoms with E-state index in [4.69, 9.17) is 22.1 Å². The smallest absolute Gasteiger partial charge is 0.223 e. The molecule has 1 heterocycles. The normalized spacial score (nSPS) is 18.4. The van der Waals surface area contributed by atoms with Crippen molar-refractivity contribution < 1.29 is 9.53 Å². The van der Waals surface area contributed by atoms with Crippen LogP contribution in [0.15, 0.2) is 12.1 Å². The number of hydrogen-bond donors (Lipinski definition) is 1. The van der Waals surface area contributed by atoms with Gasteiger partial charge in [-0.1, -0.05) is 11.6 Å². The van der Waals surface area contributed by atoms with Gasteiger partial charge in [0.1, 0.15) is 5.75 Å². The van der Waals surface area contributed by atoms with Crippen molar-refractivity contribution in [3.8, 4) is 5.75 Å². The van der Waals surface area contributed by atoms with Gasteiger partial charge in [0.15, 0.2) is 0 Å². The van der Waals surface area contributed by atoms with Crippen LogP contribution in [-0.4, -0.2) is 26.1 Å². The van der Waals surface area contributed by atoms with E-state index in [1.165, 1.54) is 0 Å². The molecule has 2 N–H and O–H groups in total. The molecule has 18 heavy (non-hydrogen) atoms. The van der Waals surface area contributed by atoms with Gasteiger partial charge in [-0.15, -0.1) is 0 Å². The van der Waals surface area contributed by atoms with Crippen LogP contribution in [0.4, 0.5) is 5.69 Å². The molecule has 0 aliphatic carbocycles. The molecule has 1 atom stereocenters. The molecule has 2 rings (SSSR count). The van der Waals surface area contributed by atoms with Crippen LogP contribution in [0.3, 0.4) is 0 Å². The van der Waals surface area contributed by atoms with Crippen molar-refractivity contribution in [1.29, 1.82) is 0 Å². The third kappa shape index (κ3) is 2.18. The van der Waals surface area contributed by atoms with Gasteiger partial charge in [0, 0.05) is 18.5 Å². The molecule has 1 unspecified atom stereocenters. The van der Waals surface area contributed by atoms with Crippen LogP contribution in [0.25, 0.3) is 0 Å². The Morgan fingerprint density at radius 1 is 1.61 bits per heavy atom. The summed E-state index contributed by atoms with van der Waals surface area (Å²) in [6, 6.07) is 3.59. The molecule has 1 aromatic rings. The number of amides is 1. The third-order valence-electron chi connectivity index (χ3n) is 3.33. The molecule has 98 valence electrons. The van der Waals surface area contributed by atoms with E-state index in [0.29, 0.717) is 23.9 Å². The minimum atomic E-state index is -0.0185. The zero-order valence-corrected chi connectivity index (χ0v) is 11.3. The highest BCUT2D eigenvalue weighted by molar-refractivity contribution is 6.32. The number of anilines is 1. The lowest BCUT2D eigenvalue weighted by molar-refractivity contribution is -0.116. The summed E-state index contributed by atoms with van der Waals surface area (Å²) in [5.41, 5.74) is 7.48. The average molecular weight is 269 g/mol. The highest BCUT2D eigenvalue weighted by Gasteiger charge is 2.30. The Hall–Kier alpha value is -1.26. The fourth-order valence-corrected chi connectivity index (χ4v) is 2.62. The Labute approximate surface area is 112 Å². The van der Waals surface area contributed by atoms with Crippen LogP contribution in [0.1, 0.15) is 12.5 Å². The number of methoxy groups -OCH3 is 1. The maximum atomic E-state index is 11.8. The molecule has 0 saturated heterocycles. The average Bonchev–Trinajstić information content (AvgIpc) is 2.38. The summed E-state index contributed by atoms with van der Waals surface area (Å²) in [5, 5.41) is 0.662. The molecule has 1 aromatic carbocycles. The molecule has 0 bridgehead atoms. The molecule has 0 spiro atoms. The molecule has 0 saturated carbocycles. The lowest BCUT2D eigenvalue weighted by Crippen LogP contribution is -2.41. The van der Waals surface area contributed by atoms with Crippen molar-refractivity contribution in [3.63, 3.8) is 0 Å². The van der Waals surface area contributed by atoms with Crippen molar-refractivity contribution in [1.82, 2.24) is 0 Å². The molecular formula is C13H17ClN2O2. The second-order valence-electron chi connectivity index (χ2n) is 4.51. The minimum Gasteiger partial charge on any atom is -0.495 e. The maximum absolute atomic E-state index is 11.8. The first-order chi connectivity index (χ1) is 8.58. The molecule has 1 aliphatic heterocycles. The van der Waals surface area contributed by atoms with Gasteiger partial charge < -0.3 is 15.4 Å². The quantitative estimate of drug-likeness (QED) is 0.890. The largest absolute Gasteiger partial charge is 0.495 e. The van der Waals surface area contributed by atoms with Gasteiger partial charge in [-0.2, -0.15) is 0 Å².